The topological polar surface area (TPSA) is 58.0 Å². The number of anilines is 2. The molecule has 126 valence electrons. The van der Waals surface area contributed by atoms with Crippen molar-refractivity contribution in [3.05, 3.63) is 78.1 Å². The number of nitrogens with zero attached hydrogens (tertiary/aromatic N) is 3. The van der Waals surface area contributed by atoms with E-state index in [0.29, 0.717) is 5.02 Å². The van der Waals surface area contributed by atoms with Gasteiger partial charge in [-0.1, -0.05) is 23.7 Å². The first kappa shape index (κ1) is 15.0. The van der Waals surface area contributed by atoms with Crippen molar-refractivity contribution in [2.24, 2.45) is 0 Å². The van der Waals surface area contributed by atoms with Crippen LogP contribution in [0.15, 0.2) is 73.1 Å². The zero-order valence-electron chi connectivity index (χ0n) is 13.6. The quantitative estimate of drug-likeness (QED) is 0.461. The van der Waals surface area contributed by atoms with Crippen LogP contribution in [0.25, 0.3) is 27.8 Å². The molecule has 0 radical (unpaired) electrons. The molecule has 0 fully saturated rings. The van der Waals surface area contributed by atoms with Gasteiger partial charge in [-0.15, -0.1) is 0 Å². The van der Waals surface area contributed by atoms with Crippen molar-refractivity contribution in [1.29, 1.82) is 0 Å². The number of benzene rings is 2. The number of rotatable bonds is 3. The van der Waals surface area contributed by atoms with Crippen molar-refractivity contribution in [1.82, 2.24) is 19.6 Å². The molecule has 0 saturated carbocycles. The summed E-state index contributed by atoms with van der Waals surface area (Å²) in [6.07, 6.45) is 3.82. The van der Waals surface area contributed by atoms with Crippen LogP contribution < -0.4 is 5.32 Å². The normalized spacial score (nSPS) is 11.3. The van der Waals surface area contributed by atoms with Gasteiger partial charge in [0.2, 0.25) is 0 Å². The van der Waals surface area contributed by atoms with Crippen molar-refractivity contribution < 1.29 is 0 Å². The van der Waals surface area contributed by atoms with E-state index >= 15 is 0 Å². The van der Waals surface area contributed by atoms with Crippen LogP contribution in [0.1, 0.15) is 0 Å². The molecular formula is C20H14ClN5. The van der Waals surface area contributed by atoms with E-state index in [0.717, 1.165) is 39.3 Å². The van der Waals surface area contributed by atoms with Gasteiger partial charge in [0, 0.05) is 27.9 Å². The monoisotopic (exact) mass is 359 g/mol. The minimum Gasteiger partial charge on any atom is -0.339 e. The first-order valence-corrected chi connectivity index (χ1v) is 8.59. The third-order valence-electron chi connectivity index (χ3n) is 4.35. The molecule has 2 aromatic carbocycles. The fourth-order valence-corrected chi connectivity index (χ4v) is 3.20. The Morgan fingerprint density at radius 2 is 1.88 bits per heavy atom. The smallest absolute Gasteiger partial charge is 0.143 e. The maximum atomic E-state index is 6.01. The Bertz CT molecular complexity index is 1220. The highest BCUT2D eigenvalue weighted by Crippen LogP contribution is 2.32. The molecule has 3 aromatic heterocycles. The lowest BCUT2D eigenvalue weighted by atomic mass is 10.1. The van der Waals surface area contributed by atoms with Gasteiger partial charge in [-0.05, 0) is 48.5 Å². The van der Waals surface area contributed by atoms with Gasteiger partial charge < -0.3 is 5.32 Å². The van der Waals surface area contributed by atoms with Crippen LogP contribution >= 0.6 is 11.6 Å². The number of hydrogen-bond donors (Lipinski definition) is 2. The minimum atomic E-state index is 0.708. The first-order valence-electron chi connectivity index (χ1n) is 8.21. The molecule has 0 bridgehead atoms. The molecular weight excluding hydrogens is 346 g/mol. The highest BCUT2D eigenvalue weighted by Gasteiger charge is 2.15. The van der Waals surface area contributed by atoms with Crippen LogP contribution in [0.5, 0.6) is 0 Å². The van der Waals surface area contributed by atoms with E-state index in [-0.39, 0.29) is 0 Å². The Morgan fingerprint density at radius 3 is 2.77 bits per heavy atom. The van der Waals surface area contributed by atoms with Crippen molar-refractivity contribution >= 4 is 39.7 Å². The summed E-state index contributed by atoms with van der Waals surface area (Å²) in [5, 5.41) is 12.3. The second-order valence-corrected chi connectivity index (χ2v) is 6.48. The minimum absolute atomic E-state index is 0.708. The van der Waals surface area contributed by atoms with Crippen molar-refractivity contribution in [3.63, 3.8) is 0 Å². The van der Waals surface area contributed by atoms with E-state index in [2.05, 4.69) is 27.6 Å². The van der Waals surface area contributed by atoms with E-state index < -0.39 is 0 Å². The number of imidazole rings is 1. The van der Waals surface area contributed by atoms with E-state index in [1.807, 2.05) is 65.3 Å². The zero-order valence-corrected chi connectivity index (χ0v) is 14.4. The fourth-order valence-electron chi connectivity index (χ4n) is 3.08. The number of fused-ring (bicyclic) bond motifs is 2. The number of aromatic amines is 1. The van der Waals surface area contributed by atoms with Crippen molar-refractivity contribution in [3.8, 4) is 11.3 Å². The van der Waals surface area contributed by atoms with Gasteiger partial charge >= 0.3 is 0 Å². The first-order chi connectivity index (χ1) is 12.8. The highest BCUT2D eigenvalue weighted by atomic mass is 35.5. The number of hydrogen-bond acceptors (Lipinski definition) is 3. The lowest BCUT2D eigenvalue weighted by Crippen LogP contribution is -1.96. The summed E-state index contributed by atoms with van der Waals surface area (Å²) in [6, 6.07) is 19.8. The Labute approximate surface area is 154 Å². The summed E-state index contributed by atoms with van der Waals surface area (Å²) < 4.78 is 2.05. The molecule has 6 heteroatoms. The van der Waals surface area contributed by atoms with Gasteiger partial charge in [0.15, 0.2) is 0 Å². The summed E-state index contributed by atoms with van der Waals surface area (Å²) in [6.45, 7) is 0. The molecule has 0 amide bonds. The second kappa shape index (κ2) is 5.89. The van der Waals surface area contributed by atoms with Gasteiger partial charge in [0.25, 0.3) is 0 Å². The predicted octanol–water partition coefficient (Wildman–Crippen LogP) is 5.27. The third kappa shape index (κ3) is 2.50. The molecule has 26 heavy (non-hydrogen) atoms. The Balaban J connectivity index is 1.69. The summed E-state index contributed by atoms with van der Waals surface area (Å²) in [5.74, 6) is 0.908. The van der Waals surface area contributed by atoms with Crippen LogP contribution in [0, 0.1) is 0 Å². The second-order valence-electron chi connectivity index (χ2n) is 6.04. The summed E-state index contributed by atoms with van der Waals surface area (Å²) in [7, 11) is 0. The van der Waals surface area contributed by atoms with Crippen molar-refractivity contribution in [2.45, 2.75) is 0 Å². The largest absolute Gasteiger partial charge is 0.339 e. The van der Waals surface area contributed by atoms with Gasteiger partial charge in [0.1, 0.15) is 17.2 Å². The number of aromatic nitrogens is 4. The number of pyridine rings is 1. The summed E-state index contributed by atoms with van der Waals surface area (Å²) in [4.78, 5) is 4.83. The van der Waals surface area contributed by atoms with Crippen LogP contribution in [-0.4, -0.2) is 19.6 Å². The molecule has 5 rings (SSSR count). The summed E-state index contributed by atoms with van der Waals surface area (Å²) in [5.41, 5.74) is 4.75. The van der Waals surface area contributed by atoms with E-state index in [1.54, 1.807) is 0 Å². The van der Waals surface area contributed by atoms with Crippen LogP contribution in [-0.2, 0) is 0 Å². The molecule has 0 atom stereocenters. The van der Waals surface area contributed by atoms with Crippen LogP contribution in [0.3, 0.4) is 0 Å². The average molecular weight is 360 g/mol. The third-order valence-corrected chi connectivity index (χ3v) is 4.60. The van der Waals surface area contributed by atoms with Gasteiger partial charge in [-0.25, -0.2) is 4.98 Å². The Kier molecular flexibility index (Phi) is 3.40. The predicted molar refractivity (Wildman–Crippen MR) is 105 cm³/mol. The SMILES string of the molecule is Clc1ccc(Nc2c(-c3ccc4[nH]ncc4c3)nc3ccccn23)cc1. The maximum absolute atomic E-state index is 6.01. The molecule has 5 aromatic rings. The van der Waals surface area contributed by atoms with Gasteiger partial charge in [-0.3, -0.25) is 9.50 Å². The molecule has 0 aliphatic heterocycles. The molecule has 2 N–H and O–H groups in total. The molecule has 5 nitrogen and oxygen atoms in total. The average Bonchev–Trinajstić information content (AvgIpc) is 3.28. The number of H-pyrrole nitrogens is 1. The van der Waals surface area contributed by atoms with Crippen LogP contribution in [0.4, 0.5) is 11.5 Å². The molecule has 3 heterocycles. The van der Waals surface area contributed by atoms with Crippen LogP contribution in [0.2, 0.25) is 5.02 Å². The molecule has 0 aliphatic rings. The Hall–Kier alpha value is -3.31. The van der Waals surface area contributed by atoms with E-state index in [4.69, 9.17) is 16.6 Å². The Morgan fingerprint density at radius 1 is 1.00 bits per heavy atom. The molecule has 0 unspecified atom stereocenters. The molecule has 0 aliphatic carbocycles. The molecule has 0 spiro atoms. The zero-order chi connectivity index (χ0) is 17.5. The standard InChI is InChI=1S/C20H14ClN5/c21-15-5-7-16(8-6-15)23-20-19(24-18-3-1-2-10-26(18)20)13-4-9-17-14(11-13)12-22-25-17/h1-12,23H,(H,22,25). The fraction of sp³-hybridized carbons (Fsp3) is 0. The van der Waals surface area contributed by atoms with Gasteiger partial charge in [0.05, 0.1) is 11.7 Å². The van der Waals surface area contributed by atoms with E-state index in [9.17, 15) is 0 Å². The number of nitrogens with one attached hydrogen (secondary N) is 2. The lowest BCUT2D eigenvalue weighted by Gasteiger charge is -2.09. The van der Waals surface area contributed by atoms with Crippen molar-refractivity contribution in [2.75, 3.05) is 5.32 Å². The maximum Gasteiger partial charge on any atom is 0.143 e. The van der Waals surface area contributed by atoms with E-state index in [1.165, 1.54) is 0 Å². The highest BCUT2D eigenvalue weighted by molar-refractivity contribution is 6.30. The molecule has 0 saturated heterocycles. The lowest BCUT2D eigenvalue weighted by molar-refractivity contribution is 1.12. The number of halogens is 1. The summed E-state index contributed by atoms with van der Waals surface area (Å²) >= 11 is 6.01. The van der Waals surface area contributed by atoms with Gasteiger partial charge in [-0.2, -0.15) is 5.10 Å².